The largest absolute Gasteiger partial charge is 0.382 e. The Bertz CT molecular complexity index is 546. The van der Waals surface area contributed by atoms with Crippen LogP contribution in [-0.2, 0) is 7.05 Å². The lowest BCUT2D eigenvalue weighted by Crippen LogP contribution is -2.24. The Balaban J connectivity index is 1.78. The Morgan fingerprint density at radius 1 is 1.32 bits per heavy atom. The van der Waals surface area contributed by atoms with E-state index in [0.29, 0.717) is 6.04 Å². The van der Waals surface area contributed by atoms with Gasteiger partial charge in [0.15, 0.2) is 5.82 Å². The molecule has 0 atom stereocenters. The molecular weight excluding hydrogens is 256 g/mol. The number of hydrogen-bond acceptors (Lipinski definition) is 4. The molecule has 1 aliphatic heterocycles. The van der Waals surface area contributed by atoms with E-state index in [1.165, 1.54) is 30.0 Å². The molecule has 3 rings (SSSR count). The average Bonchev–Trinajstić information content (AvgIpc) is 2.86. The number of aryl methyl sites for hydroxylation is 1. The smallest absolute Gasteiger partial charge is 0.163 e. The first-order valence-electron chi connectivity index (χ1n) is 6.61. The Kier molecular flexibility index (Phi) is 3.73. The summed E-state index contributed by atoms with van der Waals surface area (Å²) in [7, 11) is 1.97. The van der Waals surface area contributed by atoms with Crippen molar-refractivity contribution in [3.63, 3.8) is 0 Å². The van der Waals surface area contributed by atoms with Crippen molar-refractivity contribution in [3.8, 4) is 11.4 Å². The summed E-state index contributed by atoms with van der Waals surface area (Å²) in [6.45, 7) is 0. The van der Waals surface area contributed by atoms with Crippen LogP contribution < -0.4 is 5.32 Å². The van der Waals surface area contributed by atoms with Gasteiger partial charge in [0.05, 0.1) is 0 Å². The standard InChI is InChI=1S/C14H18N4S/c1-18-10-15-17-14(18)11-3-2-4-13(9-11)16-12-5-7-19-8-6-12/h2-4,9-10,12,16H,5-8H2,1H3. The van der Waals surface area contributed by atoms with E-state index in [0.717, 1.165) is 11.4 Å². The van der Waals surface area contributed by atoms with E-state index in [9.17, 15) is 0 Å². The second-order valence-corrected chi connectivity index (χ2v) is 6.10. The highest BCUT2D eigenvalue weighted by molar-refractivity contribution is 7.99. The molecule has 2 heterocycles. The van der Waals surface area contributed by atoms with Crippen LogP contribution >= 0.6 is 11.8 Å². The van der Waals surface area contributed by atoms with Gasteiger partial charge >= 0.3 is 0 Å². The number of rotatable bonds is 3. The number of thioether (sulfide) groups is 1. The fourth-order valence-corrected chi connectivity index (χ4v) is 3.48. The van der Waals surface area contributed by atoms with Crippen molar-refractivity contribution in [2.24, 2.45) is 7.05 Å². The number of anilines is 1. The minimum Gasteiger partial charge on any atom is -0.382 e. The molecule has 2 aromatic rings. The molecule has 100 valence electrons. The highest BCUT2D eigenvalue weighted by Gasteiger charge is 2.13. The van der Waals surface area contributed by atoms with Crippen molar-refractivity contribution in [2.75, 3.05) is 16.8 Å². The summed E-state index contributed by atoms with van der Waals surface area (Å²) in [5.74, 6) is 3.43. The van der Waals surface area contributed by atoms with E-state index in [4.69, 9.17) is 0 Å². The third kappa shape index (κ3) is 2.92. The van der Waals surface area contributed by atoms with E-state index in [1.807, 2.05) is 11.6 Å². The van der Waals surface area contributed by atoms with Gasteiger partial charge in [-0.1, -0.05) is 12.1 Å². The maximum Gasteiger partial charge on any atom is 0.163 e. The fraction of sp³-hybridized carbons (Fsp3) is 0.429. The van der Waals surface area contributed by atoms with Crippen LogP contribution in [0.1, 0.15) is 12.8 Å². The number of aromatic nitrogens is 3. The van der Waals surface area contributed by atoms with Gasteiger partial charge in [0.25, 0.3) is 0 Å². The summed E-state index contributed by atoms with van der Waals surface area (Å²) in [6.07, 6.45) is 4.23. The molecule has 1 N–H and O–H groups in total. The van der Waals surface area contributed by atoms with Gasteiger partial charge < -0.3 is 9.88 Å². The molecule has 5 heteroatoms. The van der Waals surface area contributed by atoms with Gasteiger partial charge in [0, 0.05) is 24.3 Å². The summed E-state index contributed by atoms with van der Waals surface area (Å²) < 4.78 is 1.94. The first kappa shape index (κ1) is 12.5. The second-order valence-electron chi connectivity index (χ2n) is 4.88. The zero-order valence-electron chi connectivity index (χ0n) is 11.0. The number of nitrogens with zero attached hydrogens (tertiary/aromatic N) is 3. The van der Waals surface area contributed by atoms with Crippen LogP contribution in [0.5, 0.6) is 0 Å². The third-order valence-corrected chi connectivity index (χ3v) is 4.47. The van der Waals surface area contributed by atoms with Crippen LogP contribution in [0.25, 0.3) is 11.4 Å². The SMILES string of the molecule is Cn1cnnc1-c1cccc(NC2CCSCC2)c1. The topological polar surface area (TPSA) is 42.7 Å². The number of nitrogens with one attached hydrogen (secondary N) is 1. The van der Waals surface area contributed by atoms with Gasteiger partial charge in [-0.2, -0.15) is 11.8 Å². The molecule has 1 fully saturated rings. The molecule has 0 amide bonds. The van der Waals surface area contributed by atoms with Crippen LogP contribution in [0.3, 0.4) is 0 Å². The van der Waals surface area contributed by atoms with Gasteiger partial charge in [-0.15, -0.1) is 10.2 Å². The molecule has 0 unspecified atom stereocenters. The summed E-state index contributed by atoms with van der Waals surface area (Å²) in [4.78, 5) is 0. The van der Waals surface area contributed by atoms with Crippen LogP contribution in [0.2, 0.25) is 0 Å². The fourth-order valence-electron chi connectivity index (χ4n) is 2.37. The van der Waals surface area contributed by atoms with Crippen molar-refractivity contribution in [1.82, 2.24) is 14.8 Å². The molecule has 0 radical (unpaired) electrons. The Hall–Kier alpha value is -1.49. The summed E-state index contributed by atoms with van der Waals surface area (Å²) in [5.41, 5.74) is 2.28. The van der Waals surface area contributed by atoms with Gasteiger partial charge in [-0.05, 0) is 36.5 Å². The van der Waals surface area contributed by atoms with Crippen LogP contribution in [0, 0.1) is 0 Å². The molecule has 1 saturated heterocycles. The highest BCUT2D eigenvalue weighted by atomic mass is 32.2. The maximum atomic E-state index is 4.16. The monoisotopic (exact) mass is 274 g/mol. The highest BCUT2D eigenvalue weighted by Crippen LogP contribution is 2.24. The van der Waals surface area contributed by atoms with Crippen molar-refractivity contribution in [3.05, 3.63) is 30.6 Å². The quantitative estimate of drug-likeness (QED) is 0.934. The Morgan fingerprint density at radius 3 is 2.89 bits per heavy atom. The van der Waals surface area contributed by atoms with Crippen LogP contribution in [-0.4, -0.2) is 32.3 Å². The van der Waals surface area contributed by atoms with Crippen LogP contribution in [0.15, 0.2) is 30.6 Å². The Labute approximate surface area is 117 Å². The van der Waals surface area contributed by atoms with Crippen molar-refractivity contribution in [2.45, 2.75) is 18.9 Å². The van der Waals surface area contributed by atoms with Gasteiger partial charge in [0.1, 0.15) is 6.33 Å². The van der Waals surface area contributed by atoms with Crippen molar-refractivity contribution >= 4 is 17.4 Å². The van der Waals surface area contributed by atoms with Crippen molar-refractivity contribution < 1.29 is 0 Å². The molecule has 1 aliphatic rings. The van der Waals surface area contributed by atoms with Crippen molar-refractivity contribution in [1.29, 1.82) is 0 Å². The molecule has 0 spiro atoms. The molecule has 4 nitrogen and oxygen atoms in total. The zero-order valence-corrected chi connectivity index (χ0v) is 11.9. The molecule has 1 aromatic heterocycles. The van der Waals surface area contributed by atoms with E-state index in [-0.39, 0.29) is 0 Å². The number of hydrogen-bond donors (Lipinski definition) is 1. The van der Waals surface area contributed by atoms with E-state index in [2.05, 4.69) is 51.5 Å². The van der Waals surface area contributed by atoms with E-state index in [1.54, 1.807) is 6.33 Å². The average molecular weight is 274 g/mol. The number of benzene rings is 1. The Morgan fingerprint density at radius 2 is 2.16 bits per heavy atom. The molecule has 1 aromatic carbocycles. The van der Waals surface area contributed by atoms with E-state index < -0.39 is 0 Å². The zero-order chi connectivity index (χ0) is 13.1. The first-order chi connectivity index (χ1) is 9.33. The van der Waals surface area contributed by atoms with Crippen LogP contribution in [0.4, 0.5) is 5.69 Å². The van der Waals surface area contributed by atoms with Gasteiger partial charge in [0.2, 0.25) is 0 Å². The maximum absolute atomic E-state index is 4.16. The van der Waals surface area contributed by atoms with Gasteiger partial charge in [-0.3, -0.25) is 0 Å². The minimum atomic E-state index is 0.607. The molecule has 0 saturated carbocycles. The summed E-state index contributed by atoms with van der Waals surface area (Å²) in [5, 5.41) is 11.7. The predicted octanol–water partition coefficient (Wildman–Crippen LogP) is 2.79. The van der Waals surface area contributed by atoms with E-state index >= 15 is 0 Å². The summed E-state index contributed by atoms with van der Waals surface area (Å²) in [6, 6.07) is 9.04. The third-order valence-electron chi connectivity index (χ3n) is 3.42. The lowest BCUT2D eigenvalue weighted by atomic mass is 10.1. The molecule has 0 aliphatic carbocycles. The molecular formula is C14H18N4S. The first-order valence-corrected chi connectivity index (χ1v) is 7.77. The van der Waals surface area contributed by atoms with Gasteiger partial charge in [-0.25, -0.2) is 0 Å². The normalized spacial score (nSPS) is 16.5. The lowest BCUT2D eigenvalue weighted by Gasteiger charge is -2.23. The molecule has 0 bridgehead atoms. The second kappa shape index (κ2) is 5.65. The minimum absolute atomic E-state index is 0.607. The molecule has 19 heavy (non-hydrogen) atoms. The predicted molar refractivity (Wildman–Crippen MR) is 80.4 cm³/mol. The summed E-state index contributed by atoms with van der Waals surface area (Å²) >= 11 is 2.05. The lowest BCUT2D eigenvalue weighted by molar-refractivity contribution is 0.667.